The van der Waals surface area contributed by atoms with E-state index in [0.717, 1.165) is 28.9 Å². The van der Waals surface area contributed by atoms with Crippen LogP contribution < -0.4 is 15.6 Å². The first-order valence-electron chi connectivity index (χ1n) is 8.91. The van der Waals surface area contributed by atoms with Gasteiger partial charge in [0.25, 0.3) is 5.56 Å². The molecule has 0 spiro atoms. The molecule has 1 N–H and O–H groups in total. The molecule has 9 heteroatoms. The maximum atomic E-state index is 12.7. The van der Waals surface area contributed by atoms with Crippen LogP contribution in [0.4, 0.5) is 18.9 Å². The van der Waals surface area contributed by atoms with Crippen LogP contribution in [0.15, 0.2) is 65.5 Å². The van der Waals surface area contributed by atoms with Crippen molar-refractivity contribution in [2.24, 2.45) is 0 Å². The normalized spacial score (nSPS) is 12.3. The molecule has 1 aromatic heterocycles. The highest BCUT2D eigenvalue weighted by Gasteiger charge is 2.30. The fourth-order valence-corrected chi connectivity index (χ4v) is 2.74. The Morgan fingerprint density at radius 1 is 1.10 bits per heavy atom. The number of carbonyl (C=O) groups excluding carboxylic acids is 1. The fourth-order valence-electron chi connectivity index (χ4n) is 2.74. The summed E-state index contributed by atoms with van der Waals surface area (Å²) in [5.41, 5.74) is 0.0205. The van der Waals surface area contributed by atoms with Gasteiger partial charge in [-0.15, -0.1) is 0 Å². The second-order valence-corrected chi connectivity index (χ2v) is 6.47. The molecule has 0 aliphatic carbocycles. The van der Waals surface area contributed by atoms with Gasteiger partial charge < -0.3 is 10.1 Å². The van der Waals surface area contributed by atoms with Crippen LogP contribution >= 0.6 is 0 Å². The molecule has 156 valence electrons. The zero-order valence-corrected chi connectivity index (χ0v) is 16.1. The second kappa shape index (κ2) is 8.40. The largest absolute Gasteiger partial charge is 0.497 e. The Labute approximate surface area is 169 Å². The van der Waals surface area contributed by atoms with E-state index in [4.69, 9.17) is 4.74 Å². The van der Waals surface area contributed by atoms with Gasteiger partial charge in [-0.05, 0) is 49.4 Å². The zero-order chi connectivity index (χ0) is 21.9. The van der Waals surface area contributed by atoms with Crippen molar-refractivity contribution < 1.29 is 22.7 Å². The standard InChI is InChI=1S/C21H18F3N3O3/c1-13(20(29)25-16-8-6-15(7-9-16)21(22,23)24)27-19(28)11-10-18(26-27)14-4-3-5-17(12-14)30-2/h3-13H,1-2H3,(H,25,29). The summed E-state index contributed by atoms with van der Waals surface area (Å²) in [5, 5.41) is 6.76. The summed E-state index contributed by atoms with van der Waals surface area (Å²) in [4.78, 5) is 24.8. The first-order chi connectivity index (χ1) is 14.2. The maximum Gasteiger partial charge on any atom is 0.416 e. The lowest BCUT2D eigenvalue weighted by Crippen LogP contribution is -2.33. The molecule has 0 radical (unpaired) electrons. The van der Waals surface area contributed by atoms with E-state index in [1.165, 1.54) is 26.2 Å². The first kappa shape index (κ1) is 21.1. The van der Waals surface area contributed by atoms with Crippen LogP contribution in [0, 0.1) is 0 Å². The van der Waals surface area contributed by atoms with Crippen LogP contribution in [0.3, 0.4) is 0 Å². The predicted molar refractivity (Wildman–Crippen MR) is 105 cm³/mol. The van der Waals surface area contributed by atoms with Gasteiger partial charge in [0.15, 0.2) is 0 Å². The molecule has 1 amide bonds. The van der Waals surface area contributed by atoms with Crippen molar-refractivity contribution in [2.45, 2.75) is 19.1 Å². The van der Waals surface area contributed by atoms with Crippen LogP contribution in [0.25, 0.3) is 11.3 Å². The number of rotatable bonds is 5. The van der Waals surface area contributed by atoms with E-state index in [2.05, 4.69) is 10.4 Å². The molecule has 0 fully saturated rings. The molecule has 30 heavy (non-hydrogen) atoms. The SMILES string of the molecule is COc1cccc(-c2ccc(=O)n(C(C)C(=O)Nc3ccc(C(F)(F)F)cc3)n2)c1. The topological polar surface area (TPSA) is 73.2 Å². The van der Waals surface area contributed by atoms with E-state index in [0.29, 0.717) is 17.0 Å². The molecule has 0 aliphatic rings. The monoisotopic (exact) mass is 417 g/mol. The number of nitrogens with zero attached hydrogens (tertiary/aromatic N) is 2. The Bertz CT molecular complexity index is 1110. The number of halogens is 3. The quantitative estimate of drug-likeness (QED) is 0.677. The van der Waals surface area contributed by atoms with Gasteiger partial charge in [0.05, 0.1) is 18.4 Å². The highest BCUT2D eigenvalue weighted by molar-refractivity contribution is 5.93. The predicted octanol–water partition coefficient (Wildman–Crippen LogP) is 4.14. The molecule has 3 rings (SSSR count). The van der Waals surface area contributed by atoms with Crippen LogP contribution in [0.1, 0.15) is 18.5 Å². The van der Waals surface area contributed by atoms with E-state index in [1.54, 1.807) is 24.3 Å². The molecule has 3 aromatic rings. The third-order valence-electron chi connectivity index (χ3n) is 4.42. The molecular weight excluding hydrogens is 399 g/mol. The number of anilines is 1. The first-order valence-corrected chi connectivity index (χ1v) is 8.91. The van der Waals surface area contributed by atoms with Gasteiger partial charge in [0.2, 0.25) is 5.91 Å². The minimum atomic E-state index is -4.46. The van der Waals surface area contributed by atoms with Gasteiger partial charge in [-0.1, -0.05) is 12.1 Å². The van der Waals surface area contributed by atoms with Crippen LogP contribution in [-0.2, 0) is 11.0 Å². The van der Waals surface area contributed by atoms with E-state index < -0.39 is 29.2 Å². The Kier molecular flexibility index (Phi) is 5.91. The lowest BCUT2D eigenvalue weighted by molar-refractivity contribution is -0.137. The molecule has 0 saturated heterocycles. The van der Waals surface area contributed by atoms with Crippen molar-refractivity contribution >= 4 is 11.6 Å². The Hall–Kier alpha value is -3.62. The molecule has 2 aromatic carbocycles. The number of nitrogens with one attached hydrogen (secondary N) is 1. The molecule has 1 unspecified atom stereocenters. The summed E-state index contributed by atoms with van der Waals surface area (Å²) >= 11 is 0. The molecular formula is C21H18F3N3O3. The van der Waals surface area contributed by atoms with Gasteiger partial charge >= 0.3 is 6.18 Å². The third-order valence-corrected chi connectivity index (χ3v) is 4.42. The number of carbonyl (C=O) groups is 1. The van der Waals surface area contributed by atoms with Crippen molar-refractivity contribution in [1.82, 2.24) is 9.78 Å². The number of alkyl halides is 3. The lowest BCUT2D eigenvalue weighted by atomic mass is 10.1. The van der Waals surface area contributed by atoms with Gasteiger partial charge in [0.1, 0.15) is 11.8 Å². The molecule has 0 aliphatic heterocycles. The molecule has 1 heterocycles. The van der Waals surface area contributed by atoms with Gasteiger partial charge in [-0.25, -0.2) is 4.68 Å². The third kappa shape index (κ3) is 4.68. The zero-order valence-electron chi connectivity index (χ0n) is 16.1. The second-order valence-electron chi connectivity index (χ2n) is 6.47. The minimum Gasteiger partial charge on any atom is -0.497 e. The number of ether oxygens (including phenoxy) is 1. The van der Waals surface area contributed by atoms with Crippen molar-refractivity contribution in [3.05, 3.63) is 76.6 Å². The minimum absolute atomic E-state index is 0.178. The molecule has 1 atom stereocenters. The highest BCUT2D eigenvalue weighted by atomic mass is 19.4. The maximum absolute atomic E-state index is 12.7. The van der Waals surface area contributed by atoms with Crippen LogP contribution in [-0.4, -0.2) is 22.8 Å². The number of hydrogen-bond donors (Lipinski definition) is 1. The van der Waals surface area contributed by atoms with Gasteiger partial charge in [0, 0.05) is 17.3 Å². The highest BCUT2D eigenvalue weighted by Crippen LogP contribution is 2.30. The summed E-state index contributed by atoms with van der Waals surface area (Å²) in [6, 6.07) is 12.9. The fraction of sp³-hybridized carbons (Fsp3) is 0.190. The number of aromatic nitrogens is 2. The van der Waals surface area contributed by atoms with Crippen LogP contribution in [0.2, 0.25) is 0 Å². The lowest BCUT2D eigenvalue weighted by Gasteiger charge is -2.15. The molecule has 6 nitrogen and oxygen atoms in total. The Morgan fingerprint density at radius 3 is 2.43 bits per heavy atom. The average Bonchev–Trinajstić information content (AvgIpc) is 2.73. The van der Waals surface area contributed by atoms with Gasteiger partial charge in [-0.2, -0.15) is 18.3 Å². The van der Waals surface area contributed by atoms with Crippen molar-refractivity contribution in [3.63, 3.8) is 0 Å². The smallest absolute Gasteiger partial charge is 0.416 e. The van der Waals surface area contributed by atoms with Crippen LogP contribution in [0.5, 0.6) is 5.75 Å². The van der Waals surface area contributed by atoms with Gasteiger partial charge in [-0.3, -0.25) is 9.59 Å². The van der Waals surface area contributed by atoms with E-state index in [9.17, 15) is 22.8 Å². The number of methoxy groups -OCH3 is 1. The Balaban J connectivity index is 1.82. The summed E-state index contributed by atoms with van der Waals surface area (Å²) in [6.07, 6.45) is -4.46. The number of amides is 1. The van der Waals surface area contributed by atoms with Crippen molar-refractivity contribution in [2.75, 3.05) is 12.4 Å². The summed E-state index contributed by atoms with van der Waals surface area (Å²) in [7, 11) is 1.53. The Morgan fingerprint density at radius 2 is 1.80 bits per heavy atom. The van der Waals surface area contributed by atoms with E-state index in [1.807, 2.05) is 0 Å². The van der Waals surface area contributed by atoms with Crippen molar-refractivity contribution in [1.29, 1.82) is 0 Å². The summed E-state index contributed by atoms with van der Waals surface area (Å²) < 4.78 is 44.2. The molecule has 0 saturated carbocycles. The number of hydrogen-bond acceptors (Lipinski definition) is 4. The van der Waals surface area contributed by atoms with E-state index in [-0.39, 0.29) is 5.69 Å². The van der Waals surface area contributed by atoms with E-state index >= 15 is 0 Å². The number of benzene rings is 2. The average molecular weight is 417 g/mol. The molecule has 0 bridgehead atoms. The summed E-state index contributed by atoms with van der Waals surface area (Å²) in [6.45, 7) is 1.48. The van der Waals surface area contributed by atoms with Crippen molar-refractivity contribution in [3.8, 4) is 17.0 Å². The summed E-state index contributed by atoms with van der Waals surface area (Å²) in [5.74, 6) is 0.0206.